The molecule has 0 aliphatic carbocycles. The van der Waals surface area contributed by atoms with Crippen molar-refractivity contribution in [2.24, 2.45) is 5.28 Å². The first kappa shape index (κ1) is 20.7. The van der Waals surface area contributed by atoms with E-state index in [1.165, 1.54) is 0 Å². The van der Waals surface area contributed by atoms with Gasteiger partial charge in [0.2, 0.25) is 11.0 Å². The molecule has 1 aromatic heterocycles. The third kappa shape index (κ3) is 4.04. The number of aryl methyl sites for hydroxylation is 1. The first-order valence-corrected chi connectivity index (χ1v) is 11.6. The van der Waals surface area contributed by atoms with Crippen molar-refractivity contribution in [1.29, 1.82) is 0 Å². The SMILES string of the molecule is Cc1ccc([N+]2=NOC(=O)C2S(=O)(=O)Nc2nc(-c3ccc(Cl)cc3Cl)cs2)cc1. The molecular formula is C18H13Cl2N4O4S2+. The molecular weight excluding hydrogens is 471 g/mol. The second-order valence-electron chi connectivity index (χ2n) is 6.33. The predicted octanol–water partition coefficient (Wildman–Crippen LogP) is 4.76. The van der Waals surface area contributed by atoms with Crippen LogP contribution in [0.15, 0.2) is 53.1 Å². The van der Waals surface area contributed by atoms with Crippen LogP contribution in [0.2, 0.25) is 10.0 Å². The number of carbonyl (C=O) groups is 1. The van der Waals surface area contributed by atoms with Gasteiger partial charge < -0.3 is 0 Å². The minimum absolute atomic E-state index is 0.0690. The number of benzene rings is 2. The van der Waals surface area contributed by atoms with Crippen molar-refractivity contribution in [3.05, 3.63) is 63.5 Å². The first-order valence-electron chi connectivity index (χ1n) is 8.45. The molecule has 0 saturated heterocycles. The van der Waals surface area contributed by atoms with Crippen molar-refractivity contribution in [3.8, 4) is 11.3 Å². The average molecular weight is 484 g/mol. The van der Waals surface area contributed by atoms with Crippen molar-refractivity contribution in [1.82, 2.24) is 4.98 Å². The van der Waals surface area contributed by atoms with E-state index in [4.69, 9.17) is 23.2 Å². The van der Waals surface area contributed by atoms with Gasteiger partial charge in [-0.3, -0.25) is 9.56 Å². The Hall–Kier alpha value is -2.53. The Morgan fingerprint density at radius 1 is 1.17 bits per heavy atom. The molecule has 2 heterocycles. The quantitative estimate of drug-likeness (QED) is 0.527. The molecule has 0 fully saturated rings. The number of aromatic nitrogens is 1. The molecule has 3 aromatic rings. The highest BCUT2D eigenvalue weighted by Gasteiger charge is 2.52. The number of hydrogen-bond acceptors (Lipinski definition) is 7. The molecule has 2 aromatic carbocycles. The summed E-state index contributed by atoms with van der Waals surface area (Å²) < 4.78 is 29.2. The van der Waals surface area contributed by atoms with Gasteiger partial charge in [0.15, 0.2) is 5.13 Å². The lowest BCUT2D eigenvalue weighted by molar-refractivity contribution is -0.518. The van der Waals surface area contributed by atoms with Gasteiger partial charge >= 0.3 is 21.4 Å². The fourth-order valence-electron chi connectivity index (χ4n) is 2.73. The zero-order chi connectivity index (χ0) is 21.5. The summed E-state index contributed by atoms with van der Waals surface area (Å²) >= 11 is 13.1. The van der Waals surface area contributed by atoms with Gasteiger partial charge in [-0.2, -0.15) is 8.42 Å². The third-order valence-electron chi connectivity index (χ3n) is 4.18. The molecule has 0 amide bonds. The monoisotopic (exact) mass is 483 g/mol. The Morgan fingerprint density at radius 2 is 1.90 bits per heavy atom. The maximum Gasteiger partial charge on any atom is 0.429 e. The summed E-state index contributed by atoms with van der Waals surface area (Å²) in [6.07, 6.45) is 0. The lowest BCUT2D eigenvalue weighted by atomic mass is 10.2. The van der Waals surface area contributed by atoms with Crippen LogP contribution in [0.25, 0.3) is 11.3 Å². The van der Waals surface area contributed by atoms with Crippen molar-refractivity contribution in [2.75, 3.05) is 4.72 Å². The number of nitrogens with one attached hydrogen (secondary N) is 1. The molecule has 1 atom stereocenters. The topological polar surface area (TPSA) is 101 Å². The average Bonchev–Trinajstić information content (AvgIpc) is 3.29. The van der Waals surface area contributed by atoms with Gasteiger partial charge in [-0.25, -0.2) is 9.78 Å². The van der Waals surface area contributed by atoms with Crippen LogP contribution in [0.1, 0.15) is 5.56 Å². The Morgan fingerprint density at radius 3 is 2.60 bits per heavy atom. The highest BCUT2D eigenvalue weighted by atomic mass is 35.5. The largest absolute Gasteiger partial charge is 0.429 e. The minimum Gasteiger partial charge on any atom is -0.259 e. The van der Waals surface area contributed by atoms with E-state index in [0.29, 0.717) is 27.0 Å². The van der Waals surface area contributed by atoms with Gasteiger partial charge in [-0.1, -0.05) is 40.9 Å². The molecule has 0 bridgehead atoms. The van der Waals surface area contributed by atoms with Crippen LogP contribution in [0.5, 0.6) is 0 Å². The zero-order valence-electron chi connectivity index (χ0n) is 15.2. The van der Waals surface area contributed by atoms with Crippen LogP contribution in [-0.4, -0.2) is 29.4 Å². The molecule has 0 radical (unpaired) electrons. The number of anilines is 1. The number of nitrogens with zero attached hydrogens (tertiary/aromatic N) is 3. The number of carbonyl (C=O) groups excluding carboxylic acids is 1. The Balaban J connectivity index is 1.61. The summed E-state index contributed by atoms with van der Waals surface area (Å²) in [6, 6.07) is 11.7. The molecule has 1 N–H and O–H groups in total. The molecule has 1 aliphatic heterocycles. The van der Waals surface area contributed by atoms with Crippen molar-refractivity contribution < 1.29 is 22.7 Å². The van der Waals surface area contributed by atoms with Crippen LogP contribution in [-0.2, 0) is 19.7 Å². The van der Waals surface area contributed by atoms with E-state index in [1.54, 1.807) is 47.8 Å². The minimum atomic E-state index is -4.25. The predicted molar refractivity (Wildman–Crippen MR) is 114 cm³/mol. The normalized spacial score (nSPS) is 16.3. The van der Waals surface area contributed by atoms with Gasteiger partial charge in [0, 0.05) is 28.1 Å². The molecule has 8 nitrogen and oxygen atoms in total. The Bertz CT molecular complexity index is 1270. The first-order chi connectivity index (χ1) is 14.2. The highest BCUT2D eigenvalue weighted by Crippen LogP contribution is 2.33. The van der Waals surface area contributed by atoms with Crippen molar-refractivity contribution in [3.63, 3.8) is 0 Å². The van der Waals surface area contributed by atoms with E-state index in [1.807, 2.05) is 6.92 Å². The van der Waals surface area contributed by atoms with Crippen LogP contribution >= 0.6 is 34.5 Å². The van der Waals surface area contributed by atoms with E-state index in [-0.39, 0.29) is 5.13 Å². The maximum atomic E-state index is 12.9. The van der Waals surface area contributed by atoms with Crippen LogP contribution in [0, 0.1) is 6.92 Å². The van der Waals surface area contributed by atoms with Crippen LogP contribution in [0.3, 0.4) is 0 Å². The van der Waals surface area contributed by atoms with Gasteiger partial charge in [0.1, 0.15) is 0 Å². The highest BCUT2D eigenvalue weighted by molar-refractivity contribution is 7.94. The van der Waals surface area contributed by atoms with E-state index in [2.05, 4.69) is 19.8 Å². The lowest BCUT2D eigenvalue weighted by Gasteiger charge is -2.06. The molecule has 4 rings (SSSR count). The van der Waals surface area contributed by atoms with Crippen LogP contribution in [0.4, 0.5) is 10.8 Å². The summed E-state index contributed by atoms with van der Waals surface area (Å²) in [5, 5.41) is 4.47. The zero-order valence-corrected chi connectivity index (χ0v) is 18.4. The number of halogens is 2. The molecule has 1 aliphatic rings. The summed E-state index contributed by atoms with van der Waals surface area (Å²) in [5.41, 5.74) is 2.43. The molecule has 12 heteroatoms. The third-order valence-corrected chi connectivity index (χ3v) is 7.07. The maximum absolute atomic E-state index is 12.9. The van der Waals surface area contributed by atoms with Gasteiger partial charge in [0.05, 0.1) is 10.7 Å². The summed E-state index contributed by atoms with van der Waals surface area (Å²) in [6.45, 7) is 1.88. The summed E-state index contributed by atoms with van der Waals surface area (Å²) in [4.78, 5) is 21.0. The number of rotatable bonds is 5. The van der Waals surface area contributed by atoms with Crippen LogP contribution < -0.4 is 4.72 Å². The number of hydrogen-bond donors (Lipinski definition) is 1. The number of thiazole rings is 1. The van der Waals surface area contributed by atoms with Crippen molar-refractivity contribution in [2.45, 2.75) is 12.3 Å². The van der Waals surface area contributed by atoms with E-state index in [9.17, 15) is 13.2 Å². The number of sulfonamides is 1. The molecule has 30 heavy (non-hydrogen) atoms. The van der Waals surface area contributed by atoms with Gasteiger partial charge in [0.25, 0.3) is 0 Å². The van der Waals surface area contributed by atoms with Gasteiger partial charge in [-0.15, -0.1) is 11.3 Å². The Labute approximate surface area is 185 Å². The standard InChI is InChI=1S/C18H13Cl2N4O4S2/c1-10-2-5-12(6-3-10)24-16(17(25)28-23-24)30(26,27)22-18-21-15(9-29-18)13-7-4-11(19)8-14(13)20/h2-9,16H,1H3,(H,21,22)/q+1. The lowest BCUT2D eigenvalue weighted by Crippen LogP contribution is -2.38. The van der Waals surface area contributed by atoms with Crippen molar-refractivity contribution >= 4 is 61.4 Å². The molecule has 1 unspecified atom stereocenters. The molecule has 154 valence electrons. The second kappa shape index (κ2) is 7.95. The van der Waals surface area contributed by atoms with E-state index in [0.717, 1.165) is 21.6 Å². The van der Waals surface area contributed by atoms with Gasteiger partial charge in [-0.05, 0) is 29.8 Å². The summed E-state index contributed by atoms with van der Waals surface area (Å²) in [5.74, 6) is -1.01. The Kier molecular flexibility index (Phi) is 5.49. The fraction of sp³-hybridized carbons (Fsp3) is 0.111. The summed E-state index contributed by atoms with van der Waals surface area (Å²) in [7, 11) is -4.25. The van der Waals surface area contributed by atoms with E-state index < -0.39 is 21.4 Å². The fourth-order valence-corrected chi connectivity index (χ4v) is 5.45. The van der Waals surface area contributed by atoms with E-state index >= 15 is 0 Å². The molecule has 0 saturated carbocycles. The second-order valence-corrected chi connectivity index (χ2v) is 9.78. The molecule has 0 spiro atoms. The smallest absolute Gasteiger partial charge is 0.259 e.